The third-order valence-electron chi connectivity index (χ3n) is 2.03. The zero-order valence-corrected chi connectivity index (χ0v) is 9.73. The molecular weight excluding hydrogens is 222 g/mol. The smallest absolute Gasteiger partial charge is 0.299 e. The molecule has 90 valence electrons. The summed E-state index contributed by atoms with van der Waals surface area (Å²) in [4.78, 5) is 42.8. The fourth-order valence-corrected chi connectivity index (χ4v) is 1.17. The van der Waals surface area contributed by atoms with Crippen LogP contribution in [-0.4, -0.2) is 22.7 Å². The van der Waals surface area contributed by atoms with Gasteiger partial charge in [0, 0.05) is 12.6 Å². The average molecular weight is 235 g/mol. The zero-order chi connectivity index (χ0) is 13.3. The van der Waals surface area contributed by atoms with Gasteiger partial charge in [-0.15, -0.1) is 0 Å². The SMILES string of the molecule is CCC(=O)CC(=O)c1ncccc1C.O=C=O. The molecule has 0 radical (unpaired) electrons. The second-order valence-electron chi connectivity index (χ2n) is 3.24. The summed E-state index contributed by atoms with van der Waals surface area (Å²) in [6.07, 6.45) is 2.18. The molecule has 0 aliphatic rings. The number of pyridine rings is 1. The Hall–Kier alpha value is -2.13. The maximum Gasteiger partial charge on any atom is 0.373 e. The summed E-state index contributed by atoms with van der Waals surface area (Å²) in [5, 5.41) is 0. The largest absolute Gasteiger partial charge is 0.373 e. The third-order valence-corrected chi connectivity index (χ3v) is 2.03. The van der Waals surface area contributed by atoms with Crippen molar-refractivity contribution in [3.63, 3.8) is 0 Å². The van der Waals surface area contributed by atoms with Crippen LogP contribution in [0.15, 0.2) is 18.3 Å². The molecule has 0 unspecified atom stereocenters. The third kappa shape index (κ3) is 5.49. The topological polar surface area (TPSA) is 81.2 Å². The van der Waals surface area contributed by atoms with E-state index in [0.717, 1.165) is 5.56 Å². The summed E-state index contributed by atoms with van der Waals surface area (Å²) in [6, 6.07) is 3.59. The first-order valence-corrected chi connectivity index (χ1v) is 5.02. The first-order chi connectivity index (χ1) is 8.06. The lowest BCUT2D eigenvalue weighted by Gasteiger charge is -2.01. The van der Waals surface area contributed by atoms with Gasteiger partial charge in [0.25, 0.3) is 0 Å². The Morgan fingerprint density at radius 2 is 1.94 bits per heavy atom. The second kappa shape index (κ2) is 8.07. The van der Waals surface area contributed by atoms with E-state index < -0.39 is 0 Å². The number of carbonyl (C=O) groups excluding carboxylic acids is 4. The van der Waals surface area contributed by atoms with Gasteiger partial charge in [-0.25, -0.2) is 0 Å². The Balaban J connectivity index is 0.000000770. The molecule has 0 spiro atoms. The van der Waals surface area contributed by atoms with Gasteiger partial charge in [-0.1, -0.05) is 13.0 Å². The van der Waals surface area contributed by atoms with Crippen molar-refractivity contribution in [1.82, 2.24) is 4.98 Å². The molecule has 0 aliphatic heterocycles. The minimum absolute atomic E-state index is 0.0334. The molecule has 0 saturated carbocycles. The molecule has 5 heteroatoms. The number of nitrogens with zero attached hydrogens (tertiary/aromatic N) is 1. The summed E-state index contributed by atoms with van der Waals surface area (Å²) < 4.78 is 0. The number of aromatic nitrogens is 1. The number of hydrogen-bond acceptors (Lipinski definition) is 5. The summed E-state index contributed by atoms with van der Waals surface area (Å²) in [6.45, 7) is 3.57. The Morgan fingerprint density at radius 1 is 1.35 bits per heavy atom. The molecule has 0 amide bonds. The van der Waals surface area contributed by atoms with Crippen LogP contribution in [0.4, 0.5) is 0 Å². The number of carbonyl (C=O) groups is 2. The highest BCUT2D eigenvalue weighted by molar-refractivity contribution is 6.07. The van der Waals surface area contributed by atoms with E-state index in [1.54, 1.807) is 19.2 Å². The molecule has 1 aromatic rings. The zero-order valence-electron chi connectivity index (χ0n) is 9.73. The Labute approximate surface area is 98.9 Å². The highest BCUT2D eigenvalue weighted by Gasteiger charge is 2.13. The lowest BCUT2D eigenvalue weighted by atomic mass is 10.1. The summed E-state index contributed by atoms with van der Waals surface area (Å²) >= 11 is 0. The van der Waals surface area contributed by atoms with Crippen molar-refractivity contribution in [2.45, 2.75) is 26.7 Å². The van der Waals surface area contributed by atoms with E-state index in [-0.39, 0.29) is 24.1 Å². The van der Waals surface area contributed by atoms with Crippen LogP contribution in [-0.2, 0) is 14.4 Å². The van der Waals surface area contributed by atoms with Gasteiger partial charge in [0.15, 0.2) is 5.78 Å². The minimum Gasteiger partial charge on any atom is -0.299 e. The van der Waals surface area contributed by atoms with Crippen LogP contribution in [0.5, 0.6) is 0 Å². The van der Waals surface area contributed by atoms with E-state index in [2.05, 4.69) is 4.98 Å². The van der Waals surface area contributed by atoms with Crippen molar-refractivity contribution in [3.8, 4) is 0 Å². The van der Waals surface area contributed by atoms with Crippen LogP contribution in [0, 0.1) is 6.92 Å². The molecule has 0 bridgehead atoms. The molecule has 5 nitrogen and oxygen atoms in total. The molecule has 0 saturated heterocycles. The van der Waals surface area contributed by atoms with Gasteiger partial charge in [0.2, 0.25) is 0 Å². The van der Waals surface area contributed by atoms with Crippen molar-refractivity contribution in [2.75, 3.05) is 0 Å². The van der Waals surface area contributed by atoms with Crippen molar-refractivity contribution in [2.24, 2.45) is 0 Å². The number of rotatable bonds is 4. The predicted molar refractivity (Wildman–Crippen MR) is 58.2 cm³/mol. The van der Waals surface area contributed by atoms with Crippen LogP contribution in [0.3, 0.4) is 0 Å². The molecule has 1 rings (SSSR count). The van der Waals surface area contributed by atoms with E-state index in [4.69, 9.17) is 9.59 Å². The number of Topliss-reactive ketones (excluding diaryl/α,β-unsaturated/α-hetero) is 2. The van der Waals surface area contributed by atoms with E-state index in [0.29, 0.717) is 12.1 Å². The quantitative estimate of drug-likeness (QED) is 0.581. The van der Waals surface area contributed by atoms with Gasteiger partial charge in [0.05, 0.1) is 6.42 Å². The summed E-state index contributed by atoms with van der Waals surface area (Å²) in [7, 11) is 0. The summed E-state index contributed by atoms with van der Waals surface area (Å²) in [5.74, 6) is -0.227. The molecule has 17 heavy (non-hydrogen) atoms. The van der Waals surface area contributed by atoms with Gasteiger partial charge < -0.3 is 0 Å². The van der Waals surface area contributed by atoms with Gasteiger partial charge in [0.1, 0.15) is 11.5 Å². The summed E-state index contributed by atoms with van der Waals surface area (Å²) in [5.41, 5.74) is 1.23. The molecule has 1 heterocycles. The number of aryl methyl sites for hydroxylation is 1. The van der Waals surface area contributed by atoms with Crippen LogP contribution in [0.2, 0.25) is 0 Å². The van der Waals surface area contributed by atoms with Crippen molar-refractivity contribution in [3.05, 3.63) is 29.6 Å². The molecule has 0 N–H and O–H groups in total. The monoisotopic (exact) mass is 235 g/mol. The Morgan fingerprint density at radius 3 is 2.41 bits per heavy atom. The van der Waals surface area contributed by atoms with Gasteiger partial charge in [-0.05, 0) is 18.6 Å². The van der Waals surface area contributed by atoms with E-state index in [1.165, 1.54) is 0 Å². The van der Waals surface area contributed by atoms with Crippen molar-refractivity contribution in [1.29, 1.82) is 0 Å². The Kier molecular flexibility index (Phi) is 7.06. The van der Waals surface area contributed by atoms with Gasteiger partial charge in [-0.2, -0.15) is 9.59 Å². The fourth-order valence-electron chi connectivity index (χ4n) is 1.17. The maximum absolute atomic E-state index is 11.6. The number of ketones is 2. The van der Waals surface area contributed by atoms with Crippen molar-refractivity contribution < 1.29 is 19.2 Å². The number of hydrogen-bond donors (Lipinski definition) is 0. The predicted octanol–water partition coefficient (Wildman–Crippen LogP) is 1.36. The molecule has 0 aromatic carbocycles. The molecular formula is C12H13NO4. The van der Waals surface area contributed by atoms with Gasteiger partial charge >= 0.3 is 6.15 Å². The van der Waals surface area contributed by atoms with Crippen molar-refractivity contribution >= 4 is 17.7 Å². The van der Waals surface area contributed by atoms with E-state index in [1.807, 2.05) is 13.0 Å². The maximum atomic E-state index is 11.6. The highest BCUT2D eigenvalue weighted by Crippen LogP contribution is 2.07. The normalized spacial score (nSPS) is 8.59. The first kappa shape index (κ1) is 14.9. The fraction of sp³-hybridized carbons (Fsp3) is 0.333. The lowest BCUT2D eigenvalue weighted by molar-refractivity contribution is -0.191. The van der Waals surface area contributed by atoms with E-state index >= 15 is 0 Å². The van der Waals surface area contributed by atoms with Crippen LogP contribution in [0.1, 0.15) is 35.8 Å². The molecule has 0 fully saturated rings. The first-order valence-electron chi connectivity index (χ1n) is 5.02. The molecule has 1 aromatic heterocycles. The minimum atomic E-state index is -0.185. The Bertz CT molecular complexity index is 434. The van der Waals surface area contributed by atoms with Crippen LogP contribution < -0.4 is 0 Å². The molecule has 0 atom stereocenters. The standard InChI is InChI=1S/C11H13NO2.CO2/c1-3-9(13)7-10(14)11-8(2)5-4-6-12-11;2-1-3/h4-6H,3,7H2,1-2H3;. The highest BCUT2D eigenvalue weighted by atomic mass is 16.2. The van der Waals surface area contributed by atoms with Crippen LogP contribution in [0.25, 0.3) is 0 Å². The second-order valence-corrected chi connectivity index (χ2v) is 3.24. The van der Waals surface area contributed by atoms with E-state index in [9.17, 15) is 9.59 Å². The molecule has 0 aliphatic carbocycles. The average Bonchev–Trinajstić information content (AvgIpc) is 2.30. The van der Waals surface area contributed by atoms with Gasteiger partial charge in [-0.3, -0.25) is 14.6 Å². The lowest BCUT2D eigenvalue weighted by Crippen LogP contribution is -2.10. The van der Waals surface area contributed by atoms with Crippen LogP contribution >= 0.6 is 0 Å².